The predicted molar refractivity (Wildman–Crippen MR) is 207 cm³/mol. The summed E-state index contributed by atoms with van der Waals surface area (Å²) in [6.45, 7) is 0. The Balaban J connectivity index is 1.27. The van der Waals surface area contributed by atoms with Gasteiger partial charge in [0.05, 0.1) is 44.7 Å². The lowest BCUT2D eigenvalue weighted by atomic mass is 10.00. The molecular weight excluding hydrogens is 609 g/mol. The molecule has 6 aromatic carbocycles. The van der Waals surface area contributed by atoms with Crippen molar-refractivity contribution < 1.29 is 0 Å². The second kappa shape index (κ2) is 11.4. The molecule has 0 unspecified atom stereocenters. The standard InChI is InChI=1S/C46H30N4/c1-4-14-31(15-5-1)40-29-35(30-41(48-40)32-16-6-2-7-17-32)50-42-23-11-10-20-37(42)38-22-12-21-36(46(38)50)33-25-26-43-39(28-33)45-44(24-13-27-47-45)49(43)34-18-8-3-9-19-34/h1-30H. The van der Waals surface area contributed by atoms with E-state index in [0.717, 1.165) is 78.0 Å². The molecular formula is C46H30N4. The number of rotatable bonds is 5. The maximum atomic E-state index is 5.19. The number of hydrogen-bond donors (Lipinski definition) is 0. The minimum atomic E-state index is 0.937. The molecule has 0 atom stereocenters. The smallest absolute Gasteiger partial charge is 0.0963 e. The fourth-order valence-electron chi connectivity index (χ4n) is 7.54. The minimum Gasteiger partial charge on any atom is -0.308 e. The molecule has 0 saturated heterocycles. The van der Waals surface area contributed by atoms with Crippen molar-refractivity contribution in [2.24, 2.45) is 0 Å². The molecule has 234 valence electrons. The predicted octanol–water partition coefficient (Wildman–Crippen LogP) is 11.7. The molecule has 0 bridgehead atoms. The molecule has 0 amide bonds. The number of aromatic nitrogens is 4. The van der Waals surface area contributed by atoms with Crippen molar-refractivity contribution in [3.05, 3.63) is 182 Å². The number of hydrogen-bond acceptors (Lipinski definition) is 2. The van der Waals surface area contributed by atoms with Crippen molar-refractivity contribution in [1.29, 1.82) is 0 Å². The van der Waals surface area contributed by atoms with Crippen molar-refractivity contribution in [2.75, 3.05) is 0 Å². The molecule has 10 rings (SSSR count). The van der Waals surface area contributed by atoms with Crippen LogP contribution in [-0.4, -0.2) is 19.1 Å². The fraction of sp³-hybridized carbons (Fsp3) is 0. The number of fused-ring (bicyclic) bond motifs is 6. The summed E-state index contributed by atoms with van der Waals surface area (Å²) in [6, 6.07) is 62.3. The second-order valence-corrected chi connectivity index (χ2v) is 12.7. The molecule has 4 heteroatoms. The first-order valence-corrected chi connectivity index (χ1v) is 16.9. The summed E-state index contributed by atoms with van der Waals surface area (Å²) >= 11 is 0. The average Bonchev–Trinajstić information content (AvgIpc) is 3.71. The number of nitrogens with zero attached hydrogens (tertiary/aromatic N) is 4. The van der Waals surface area contributed by atoms with E-state index in [2.05, 4.69) is 167 Å². The summed E-state index contributed by atoms with van der Waals surface area (Å²) in [5.74, 6) is 0. The number of pyridine rings is 2. The molecule has 0 radical (unpaired) electrons. The van der Waals surface area contributed by atoms with Crippen LogP contribution in [0.1, 0.15) is 0 Å². The summed E-state index contributed by atoms with van der Waals surface area (Å²) in [4.78, 5) is 10.1. The van der Waals surface area contributed by atoms with E-state index < -0.39 is 0 Å². The van der Waals surface area contributed by atoms with Gasteiger partial charge in [-0.3, -0.25) is 4.98 Å². The van der Waals surface area contributed by atoms with Gasteiger partial charge in [0.15, 0.2) is 0 Å². The third-order valence-corrected chi connectivity index (χ3v) is 9.75. The van der Waals surface area contributed by atoms with E-state index in [1.165, 1.54) is 10.8 Å². The summed E-state index contributed by atoms with van der Waals surface area (Å²) < 4.78 is 4.74. The summed E-state index contributed by atoms with van der Waals surface area (Å²) in [5, 5.41) is 3.55. The topological polar surface area (TPSA) is 35.6 Å². The zero-order chi connectivity index (χ0) is 33.0. The Kier molecular flexibility index (Phi) is 6.46. The fourth-order valence-corrected chi connectivity index (χ4v) is 7.54. The Morgan fingerprint density at radius 2 is 1.00 bits per heavy atom. The van der Waals surface area contributed by atoms with E-state index in [9.17, 15) is 0 Å². The molecule has 0 aliphatic rings. The van der Waals surface area contributed by atoms with Gasteiger partial charge in [-0.2, -0.15) is 0 Å². The maximum absolute atomic E-state index is 5.19. The van der Waals surface area contributed by atoms with Crippen LogP contribution in [0, 0.1) is 0 Å². The van der Waals surface area contributed by atoms with E-state index in [-0.39, 0.29) is 0 Å². The van der Waals surface area contributed by atoms with E-state index in [0.29, 0.717) is 0 Å². The SMILES string of the molecule is c1ccc(-c2cc(-n3c4ccccc4c4cccc(-c5ccc6c(c5)c5ncccc5n6-c5ccccc5)c43)cc(-c3ccccc3)n2)cc1. The third-order valence-electron chi connectivity index (χ3n) is 9.75. The van der Waals surface area contributed by atoms with Crippen molar-refractivity contribution in [2.45, 2.75) is 0 Å². The first-order valence-electron chi connectivity index (χ1n) is 16.9. The van der Waals surface area contributed by atoms with E-state index in [1.54, 1.807) is 0 Å². The Labute approximate surface area is 289 Å². The molecule has 4 aromatic heterocycles. The quantitative estimate of drug-likeness (QED) is 0.188. The monoisotopic (exact) mass is 638 g/mol. The summed E-state index contributed by atoms with van der Waals surface area (Å²) in [6.07, 6.45) is 1.89. The van der Waals surface area contributed by atoms with Crippen molar-refractivity contribution in [3.63, 3.8) is 0 Å². The Hall–Kier alpha value is -6.78. The van der Waals surface area contributed by atoms with Gasteiger partial charge in [-0.05, 0) is 60.2 Å². The zero-order valence-corrected chi connectivity index (χ0v) is 27.1. The van der Waals surface area contributed by atoms with Crippen LogP contribution in [0.3, 0.4) is 0 Å². The lowest BCUT2D eigenvalue weighted by Crippen LogP contribution is -1.99. The molecule has 4 heterocycles. The van der Waals surface area contributed by atoms with Crippen LogP contribution < -0.4 is 0 Å². The molecule has 0 fully saturated rings. The van der Waals surface area contributed by atoms with Gasteiger partial charge in [-0.15, -0.1) is 0 Å². The van der Waals surface area contributed by atoms with Crippen LogP contribution >= 0.6 is 0 Å². The highest BCUT2D eigenvalue weighted by Crippen LogP contribution is 2.41. The van der Waals surface area contributed by atoms with Gasteiger partial charge >= 0.3 is 0 Å². The highest BCUT2D eigenvalue weighted by atomic mass is 15.0. The molecule has 0 aliphatic carbocycles. The molecule has 4 nitrogen and oxygen atoms in total. The van der Waals surface area contributed by atoms with Crippen LogP contribution in [0.4, 0.5) is 0 Å². The second-order valence-electron chi connectivity index (χ2n) is 12.7. The Morgan fingerprint density at radius 3 is 1.74 bits per heavy atom. The van der Waals surface area contributed by atoms with Crippen molar-refractivity contribution in [1.82, 2.24) is 19.1 Å². The van der Waals surface area contributed by atoms with E-state index in [1.807, 2.05) is 24.4 Å². The maximum Gasteiger partial charge on any atom is 0.0963 e. The van der Waals surface area contributed by atoms with Crippen LogP contribution in [0.5, 0.6) is 0 Å². The van der Waals surface area contributed by atoms with Gasteiger partial charge in [0, 0.05) is 44.7 Å². The van der Waals surface area contributed by atoms with Crippen molar-refractivity contribution in [3.8, 4) is 45.0 Å². The van der Waals surface area contributed by atoms with Crippen molar-refractivity contribution >= 4 is 43.7 Å². The highest BCUT2D eigenvalue weighted by molar-refractivity contribution is 6.15. The summed E-state index contributed by atoms with van der Waals surface area (Å²) in [5.41, 5.74) is 14.1. The first-order chi connectivity index (χ1) is 24.8. The largest absolute Gasteiger partial charge is 0.308 e. The van der Waals surface area contributed by atoms with Gasteiger partial charge in [0.2, 0.25) is 0 Å². The molecule has 0 N–H and O–H groups in total. The van der Waals surface area contributed by atoms with Gasteiger partial charge < -0.3 is 9.13 Å². The Bertz CT molecular complexity index is 2790. The molecule has 50 heavy (non-hydrogen) atoms. The number of para-hydroxylation sites is 3. The van der Waals surface area contributed by atoms with E-state index >= 15 is 0 Å². The normalized spacial score (nSPS) is 11.6. The number of benzene rings is 6. The molecule has 0 saturated carbocycles. The lowest BCUT2D eigenvalue weighted by Gasteiger charge is -2.15. The molecule has 10 aromatic rings. The van der Waals surface area contributed by atoms with Crippen LogP contribution in [0.2, 0.25) is 0 Å². The summed E-state index contributed by atoms with van der Waals surface area (Å²) in [7, 11) is 0. The van der Waals surface area contributed by atoms with Crippen LogP contribution in [0.15, 0.2) is 182 Å². The van der Waals surface area contributed by atoms with Crippen LogP contribution in [0.25, 0.3) is 88.8 Å². The zero-order valence-electron chi connectivity index (χ0n) is 27.1. The Morgan fingerprint density at radius 1 is 0.380 bits per heavy atom. The molecule has 0 spiro atoms. The van der Waals surface area contributed by atoms with Gasteiger partial charge in [0.1, 0.15) is 0 Å². The average molecular weight is 639 g/mol. The highest BCUT2D eigenvalue weighted by Gasteiger charge is 2.20. The van der Waals surface area contributed by atoms with E-state index in [4.69, 9.17) is 9.97 Å². The third kappa shape index (κ3) is 4.46. The lowest BCUT2D eigenvalue weighted by molar-refractivity contribution is 1.16. The molecule has 0 aliphatic heterocycles. The minimum absolute atomic E-state index is 0.937. The first kappa shape index (κ1) is 28.3. The van der Waals surface area contributed by atoms with Gasteiger partial charge in [0.25, 0.3) is 0 Å². The van der Waals surface area contributed by atoms with Gasteiger partial charge in [-0.25, -0.2) is 4.98 Å². The van der Waals surface area contributed by atoms with Crippen LogP contribution in [-0.2, 0) is 0 Å². The van der Waals surface area contributed by atoms with Gasteiger partial charge in [-0.1, -0.05) is 121 Å².